The molecule has 0 aliphatic rings. The number of carbonyl (C=O) groups is 1. The van der Waals surface area contributed by atoms with Crippen LogP contribution in [0.2, 0.25) is 5.02 Å². The van der Waals surface area contributed by atoms with E-state index in [0.29, 0.717) is 23.6 Å². The lowest BCUT2D eigenvalue weighted by Crippen LogP contribution is -2.32. The fraction of sp³-hybridized carbons (Fsp3) is 0.211. The predicted molar refractivity (Wildman–Crippen MR) is 95.5 cm³/mol. The van der Waals surface area contributed by atoms with Gasteiger partial charge in [-0.1, -0.05) is 35.7 Å². The number of hydrogen-bond donors (Lipinski definition) is 3. The summed E-state index contributed by atoms with van der Waals surface area (Å²) in [6, 6.07) is 11.3. The highest BCUT2D eigenvalue weighted by Gasteiger charge is 2.20. The molecule has 1 atom stereocenters. The Labute approximate surface area is 151 Å². The van der Waals surface area contributed by atoms with Crippen molar-refractivity contribution in [3.8, 4) is 23.8 Å². The number of phenolic OH excluding ortho intramolecular Hbond substituents is 2. The number of amides is 1. The molecular weight excluding hydrogens is 342 g/mol. The number of benzene rings is 2. The van der Waals surface area contributed by atoms with Crippen LogP contribution in [0.25, 0.3) is 0 Å². The van der Waals surface area contributed by atoms with Gasteiger partial charge in [0, 0.05) is 11.6 Å². The van der Waals surface area contributed by atoms with Crippen molar-refractivity contribution in [2.24, 2.45) is 0 Å². The van der Waals surface area contributed by atoms with Crippen LogP contribution < -0.4 is 5.32 Å². The van der Waals surface area contributed by atoms with E-state index in [2.05, 4.69) is 11.2 Å². The van der Waals surface area contributed by atoms with E-state index in [0.717, 1.165) is 5.56 Å². The summed E-state index contributed by atoms with van der Waals surface area (Å²) in [5.41, 5.74) is 1.43. The average molecular weight is 360 g/mol. The van der Waals surface area contributed by atoms with Crippen LogP contribution in [0.5, 0.6) is 11.5 Å². The number of hydrogen-bond acceptors (Lipinski definition) is 4. The lowest BCUT2D eigenvalue weighted by atomic mass is 10.1. The molecular formula is C19H18ClNO4. The maximum absolute atomic E-state index is 12.4. The first-order valence-corrected chi connectivity index (χ1v) is 7.98. The van der Waals surface area contributed by atoms with Gasteiger partial charge in [-0.15, -0.1) is 6.42 Å². The van der Waals surface area contributed by atoms with Crippen molar-refractivity contribution < 1.29 is 19.7 Å². The number of terminal acetylenes is 1. The Hall–Kier alpha value is -2.68. The topological polar surface area (TPSA) is 78.8 Å². The molecule has 2 aromatic carbocycles. The molecule has 0 heterocycles. The van der Waals surface area contributed by atoms with Crippen LogP contribution in [0, 0.1) is 12.3 Å². The standard InChI is InChI=1S/C19H18ClNO4/c1-2-11-25-18(14-4-6-15(20)7-5-14)19(24)21-10-9-13-3-8-16(22)17(23)12-13/h1,3-8,12,18,22-23H,9-11H2,(H,21,24). The van der Waals surface area contributed by atoms with Crippen molar-refractivity contribution in [2.75, 3.05) is 13.2 Å². The van der Waals surface area contributed by atoms with Crippen LogP contribution in [-0.2, 0) is 16.0 Å². The van der Waals surface area contributed by atoms with Crippen LogP contribution in [-0.4, -0.2) is 29.3 Å². The Bertz CT molecular complexity index is 768. The van der Waals surface area contributed by atoms with Crippen molar-refractivity contribution in [1.82, 2.24) is 5.32 Å². The zero-order valence-corrected chi connectivity index (χ0v) is 14.2. The van der Waals surface area contributed by atoms with Gasteiger partial charge in [0.1, 0.15) is 6.61 Å². The number of phenols is 2. The molecule has 0 fully saturated rings. The van der Waals surface area contributed by atoms with Crippen LogP contribution >= 0.6 is 11.6 Å². The monoisotopic (exact) mass is 359 g/mol. The maximum atomic E-state index is 12.4. The van der Waals surface area contributed by atoms with E-state index in [1.807, 2.05) is 0 Å². The van der Waals surface area contributed by atoms with Crippen LogP contribution in [0.1, 0.15) is 17.2 Å². The van der Waals surface area contributed by atoms with Crippen LogP contribution in [0.3, 0.4) is 0 Å². The first-order valence-electron chi connectivity index (χ1n) is 7.60. The van der Waals surface area contributed by atoms with Gasteiger partial charge in [0.2, 0.25) is 0 Å². The minimum atomic E-state index is -0.832. The van der Waals surface area contributed by atoms with Gasteiger partial charge in [-0.3, -0.25) is 4.79 Å². The van der Waals surface area contributed by atoms with Crippen LogP contribution in [0.15, 0.2) is 42.5 Å². The smallest absolute Gasteiger partial charge is 0.253 e. The third kappa shape index (κ3) is 5.42. The fourth-order valence-corrected chi connectivity index (χ4v) is 2.37. The second-order valence-electron chi connectivity index (χ2n) is 5.31. The van der Waals surface area contributed by atoms with Gasteiger partial charge in [-0.2, -0.15) is 0 Å². The Balaban J connectivity index is 1.97. The highest BCUT2D eigenvalue weighted by molar-refractivity contribution is 6.30. The summed E-state index contributed by atoms with van der Waals surface area (Å²) in [7, 11) is 0. The Morgan fingerprint density at radius 1 is 1.20 bits per heavy atom. The third-order valence-corrected chi connectivity index (χ3v) is 3.75. The van der Waals surface area contributed by atoms with Gasteiger partial charge < -0.3 is 20.3 Å². The lowest BCUT2D eigenvalue weighted by Gasteiger charge is -2.17. The average Bonchev–Trinajstić information content (AvgIpc) is 2.60. The van der Waals surface area contributed by atoms with Crippen molar-refractivity contribution in [3.63, 3.8) is 0 Å². The fourth-order valence-electron chi connectivity index (χ4n) is 2.24. The van der Waals surface area contributed by atoms with E-state index in [4.69, 9.17) is 22.8 Å². The number of rotatable bonds is 7. The minimum Gasteiger partial charge on any atom is -0.504 e. The molecule has 0 aromatic heterocycles. The molecule has 25 heavy (non-hydrogen) atoms. The van der Waals surface area contributed by atoms with Gasteiger partial charge in [0.15, 0.2) is 17.6 Å². The molecule has 2 aromatic rings. The normalized spacial score (nSPS) is 11.5. The molecule has 1 unspecified atom stereocenters. The molecule has 0 aliphatic heterocycles. The Morgan fingerprint density at radius 3 is 2.56 bits per heavy atom. The molecule has 0 radical (unpaired) electrons. The number of carbonyl (C=O) groups excluding carboxylic acids is 1. The quantitative estimate of drug-likeness (QED) is 0.524. The molecule has 0 spiro atoms. The highest BCUT2D eigenvalue weighted by atomic mass is 35.5. The number of aromatic hydroxyl groups is 2. The van der Waals surface area contributed by atoms with Gasteiger partial charge in [0.05, 0.1) is 0 Å². The van der Waals surface area contributed by atoms with Crippen molar-refractivity contribution in [2.45, 2.75) is 12.5 Å². The number of halogens is 1. The molecule has 0 saturated carbocycles. The first kappa shape index (κ1) is 18.7. The van der Waals surface area contributed by atoms with Gasteiger partial charge in [-0.25, -0.2) is 0 Å². The Kier molecular flexibility index (Phi) is 6.70. The molecule has 3 N–H and O–H groups in total. The van der Waals surface area contributed by atoms with Gasteiger partial charge in [0.25, 0.3) is 5.91 Å². The summed E-state index contributed by atoms with van der Waals surface area (Å²) in [6.07, 6.45) is 4.87. The predicted octanol–water partition coefficient (Wildman–Crippen LogP) is 2.80. The van der Waals surface area contributed by atoms with E-state index in [9.17, 15) is 15.0 Å². The van der Waals surface area contributed by atoms with Gasteiger partial charge in [-0.05, 0) is 41.8 Å². The van der Waals surface area contributed by atoms with E-state index in [1.165, 1.54) is 12.1 Å². The molecule has 5 nitrogen and oxygen atoms in total. The Morgan fingerprint density at radius 2 is 1.92 bits per heavy atom. The lowest BCUT2D eigenvalue weighted by molar-refractivity contribution is -0.132. The number of ether oxygens (including phenoxy) is 1. The van der Waals surface area contributed by atoms with Crippen LogP contribution in [0.4, 0.5) is 0 Å². The minimum absolute atomic E-state index is 0.00650. The van der Waals surface area contributed by atoms with E-state index in [-0.39, 0.29) is 24.0 Å². The second kappa shape index (κ2) is 8.97. The third-order valence-electron chi connectivity index (χ3n) is 3.50. The summed E-state index contributed by atoms with van der Waals surface area (Å²) in [4.78, 5) is 12.4. The SMILES string of the molecule is C#CCOC(C(=O)NCCc1ccc(O)c(O)c1)c1ccc(Cl)cc1. The van der Waals surface area contributed by atoms with E-state index in [1.54, 1.807) is 30.3 Å². The molecule has 0 saturated heterocycles. The summed E-state index contributed by atoms with van der Waals surface area (Å²) in [5, 5.41) is 22.1. The molecule has 0 bridgehead atoms. The molecule has 2 rings (SSSR count). The summed E-state index contributed by atoms with van der Waals surface area (Å²) in [6.45, 7) is 0.346. The molecule has 130 valence electrons. The van der Waals surface area contributed by atoms with E-state index < -0.39 is 6.10 Å². The van der Waals surface area contributed by atoms with Crippen molar-refractivity contribution in [1.29, 1.82) is 0 Å². The van der Waals surface area contributed by atoms with Crippen molar-refractivity contribution in [3.05, 3.63) is 58.6 Å². The summed E-state index contributed by atoms with van der Waals surface area (Å²) >= 11 is 5.86. The zero-order chi connectivity index (χ0) is 18.2. The largest absolute Gasteiger partial charge is 0.504 e. The van der Waals surface area contributed by atoms with Gasteiger partial charge >= 0.3 is 0 Å². The molecule has 0 aliphatic carbocycles. The number of nitrogens with one attached hydrogen (secondary N) is 1. The molecule has 1 amide bonds. The first-order chi connectivity index (χ1) is 12.0. The molecule has 6 heteroatoms. The summed E-state index contributed by atoms with van der Waals surface area (Å²) < 4.78 is 5.45. The second-order valence-corrected chi connectivity index (χ2v) is 5.75. The highest BCUT2D eigenvalue weighted by Crippen LogP contribution is 2.25. The summed E-state index contributed by atoms with van der Waals surface area (Å²) in [5.74, 6) is 1.65. The van der Waals surface area contributed by atoms with Crippen molar-refractivity contribution >= 4 is 17.5 Å². The maximum Gasteiger partial charge on any atom is 0.253 e. The van der Waals surface area contributed by atoms with E-state index >= 15 is 0 Å². The zero-order valence-electron chi connectivity index (χ0n) is 13.4.